The van der Waals surface area contributed by atoms with E-state index in [-0.39, 0.29) is 31.5 Å². The third-order valence-corrected chi connectivity index (χ3v) is 3.74. The first-order valence-corrected chi connectivity index (χ1v) is 8.57. The van der Waals surface area contributed by atoms with Crippen LogP contribution in [0, 0.1) is 5.92 Å². The van der Waals surface area contributed by atoms with Gasteiger partial charge in [0.15, 0.2) is 6.61 Å². The second-order valence-corrected chi connectivity index (χ2v) is 7.36. The Hall–Kier alpha value is -1.79. The van der Waals surface area contributed by atoms with Crippen LogP contribution in [-0.4, -0.2) is 42.8 Å². The lowest BCUT2D eigenvalue weighted by Gasteiger charge is -2.26. The fraction of sp³-hybridized carbons (Fsp3) is 0.824. The molecule has 24 heavy (non-hydrogen) atoms. The summed E-state index contributed by atoms with van der Waals surface area (Å²) in [6.45, 7) is 7.31. The monoisotopic (exact) mass is 342 g/mol. The lowest BCUT2D eigenvalue weighted by molar-refractivity contribution is -0.148. The molecule has 0 radical (unpaired) electrons. The Labute approximate surface area is 143 Å². The maximum Gasteiger partial charge on any atom is 0.407 e. The third-order valence-electron chi connectivity index (χ3n) is 3.74. The number of ether oxygens (including phenoxy) is 2. The van der Waals surface area contributed by atoms with Crippen molar-refractivity contribution < 1.29 is 23.9 Å². The Kier molecular flexibility index (Phi) is 8.01. The number of alkyl carbamates (subject to hydrolysis) is 1. The van der Waals surface area contributed by atoms with Crippen LogP contribution in [0.15, 0.2) is 0 Å². The highest BCUT2D eigenvalue weighted by molar-refractivity contribution is 5.80. The molecule has 0 heterocycles. The van der Waals surface area contributed by atoms with Gasteiger partial charge in [-0.25, -0.2) is 4.79 Å². The van der Waals surface area contributed by atoms with E-state index in [0.29, 0.717) is 5.92 Å². The molecule has 2 amide bonds. The molecule has 0 saturated heterocycles. The molecule has 0 aromatic carbocycles. The van der Waals surface area contributed by atoms with Gasteiger partial charge >= 0.3 is 12.1 Å². The van der Waals surface area contributed by atoms with Crippen LogP contribution in [0.1, 0.15) is 59.8 Å². The minimum absolute atomic E-state index is 0.00648. The third kappa shape index (κ3) is 9.37. The van der Waals surface area contributed by atoms with Gasteiger partial charge in [0.1, 0.15) is 5.60 Å². The highest BCUT2D eigenvalue weighted by Crippen LogP contribution is 2.23. The second-order valence-electron chi connectivity index (χ2n) is 7.36. The highest BCUT2D eigenvalue weighted by Gasteiger charge is 2.20. The molecule has 0 spiro atoms. The number of nitrogens with one attached hydrogen (secondary N) is 2. The fourth-order valence-corrected chi connectivity index (χ4v) is 2.47. The molecule has 7 nitrogen and oxygen atoms in total. The van der Waals surface area contributed by atoms with E-state index in [1.807, 2.05) is 0 Å². The quantitative estimate of drug-likeness (QED) is 0.721. The largest absolute Gasteiger partial charge is 0.456 e. The van der Waals surface area contributed by atoms with Crippen molar-refractivity contribution in [2.24, 2.45) is 5.92 Å². The van der Waals surface area contributed by atoms with Gasteiger partial charge in [-0.3, -0.25) is 9.59 Å². The molecular weight excluding hydrogens is 312 g/mol. The van der Waals surface area contributed by atoms with E-state index in [0.717, 1.165) is 25.7 Å². The summed E-state index contributed by atoms with van der Waals surface area (Å²) in [6, 6.07) is 0.182. The number of hydrogen-bond donors (Lipinski definition) is 2. The standard InChI is InChI=1S/C17H30N2O5/c1-12-5-7-13(8-6-12)19-14(20)11-23-15(21)9-10-18-16(22)24-17(2,3)4/h12-13H,5-11H2,1-4H3,(H,18,22)(H,19,20). The van der Waals surface area contributed by atoms with Crippen LogP contribution in [0.5, 0.6) is 0 Å². The minimum atomic E-state index is -0.584. The zero-order valence-electron chi connectivity index (χ0n) is 15.1. The van der Waals surface area contributed by atoms with Crippen molar-refractivity contribution >= 4 is 18.0 Å². The molecule has 1 aliphatic rings. The van der Waals surface area contributed by atoms with Gasteiger partial charge in [0, 0.05) is 12.6 Å². The number of carbonyl (C=O) groups is 3. The molecule has 1 fully saturated rings. The van der Waals surface area contributed by atoms with Crippen molar-refractivity contribution in [3.63, 3.8) is 0 Å². The zero-order chi connectivity index (χ0) is 18.2. The zero-order valence-corrected chi connectivity index (χ0v) is 15.1. The van der Waals surface area contributed by atoms with Crippen LogP contribution < -0.4 is 10.6 Å². The average Bonchev–Trinajstić information content (AvgIpc) is 2.46. The van der Waals surface area contributed by atoms with Crippen LogP contribution in [0.2, 0.25) is 0 Å². The van der Waals surface area contributed by atoms with E-state index in [9.17, 15) is 14.4 Å². The van der Waals surface area contributed by atoms with Gasteiger partial charge in [-0.05, 0) is 52.4 Å². The summed E-state index contributed by atoms with van der Waals surface area (Å²) < 4.78 is 9.95. The molecule has 0 bridgehead atoms. The Balaban J connectivity index is 2.10. The molecule has 1 rings (SSSR count). The second kappa shape index (κ2) is 9.49. The van der Waals surface area contributed by atoms with E-state index in [2.05, 4.69) is 17.6 Å². The van der Waals surface area contributed by atoms with Gasteiger partial charge in [0.2, 0.25) is 0 Å². The van der Waals surface area contributed by atoms with E-state index in [1.165, 1.54) is 0 Å². The number of amides is 2. The molecule has 7 heteroatoms. The molecular formula is C17H30N2O5. The number of rotatable bonds is 6. The maximum absolute atomic E-state index is 11.8. The van der Waals surface area contributed by atoms with Crippen molar-refractivity contribution in [2.45, 2.75) is 71.4 Å². The van der Waals surface area contributed by atoms with Gasteiger partial charge in [-0.15, -0.1) is 0 Å². The van der Waals surface area contributed by atoms with E-state index in [1.54, 1.807) is 20.8 Å². The molecule has 0 aromatic rings. The molecule has 138 valence electrons. The molecule has 1 aliphatic carbocycles. The average molecular weight is 342 g/mol. The summed E-state index contributed by atoms with van der Waals surface area (Å²) in [6.07, 6.45) is 3.58. The summed E-state index contributed by atoms with van der Waals surface area (Å²) in [5.74, 6) is -0.0880. The summed E-state index contributed by atoms with van der Waals surface area (Å²) in [5, 5.41) is 5.35. The molecule has 0 aromatic heterocycles. The lowest BCUT2D eigenvalue weighted by Crippen LogP contribution is -2.39. The van der Waals surface area contributed by atoms with Gasteiger partial charge in [-0.1, -0.05) is 6.92 Å². The van der Waals surface area contributed by atoms with Gasteiger partial charge < -0.3 is 20.1 Å². The lowest BCUT2D eigenvalue weighted by atomic mass is 9.87. The van der Waals surface area contributed by atoms with Gasteiger partial charge in [0.25, 0.3) is 5.91 Å². The first kappa shape index (κ1) is 20.3. The predicted octanol–water partition coefficient (Wildman–Crippen LogP) is 2.14. The SMILES string of the molecule is CC1CCC(NC(=O)COC(=O)CCNC(=O)OC(C)(C)C)CC1. The summed E-state index contributed by atoms with van der Waals surface area (Å²) in [7, 11) is 0. The van der Waals surface area contributed by atoms with E-state index >= 15 is 0 Å². The molecule has 0 unspecified atom stereocenters. The fourth-order valence-electron chi connectivity index (χ4n) is 2.47. The van der Waals surface area contributed by atoms with Crippen LogP contribution in [0.4, 0.5) is 4.79 Å². The van der Waals surface area contributed by atoms with Crippen LogP contribution >= 0.6 is 0 Å². The highest BCUT2D eigenvalue weighted by atomic mass is 16.6. The number of esters is 1. The van der Waals surface area contributed by atoms with Crippen molar-refractivity contribution in [3.05, 3.63) is 0 Å². The van der Waals surface area contributed by atoms with Crippen LogP contribution in [0.3, 0.4) is 0 Å². The Morgan fingerprint density at radius 1 is 1.08 bits per heavy atom. The summed E-state index contributed by atoms with van der Waals surface area (Å²) in [4.78, 5) is 34.7. The van der Waals surface area contributed by atoms with E-state index in [4.69, 9.17) is 9.47 Å². The summed E-state index contributed by atoms with van der Waals surface area (Å²) >= 11 is 0. The Bertz CT molecular complexity index is 437. The first-order valence-electron chi connectivity index (χ1n) is 8.57. The van der Waals surface area contributed by atoms with Crippen molar-refractivity contribution in [1.29, 1.82) is 0 Å². The maximum atomic E-state index is 11.8. The number of carbonyl (C=O) groups excluding carboxylic acids is 3. The number of hydrogen-bond acceptors (Lipinski definition) is 5. The van der Waals surface area contributed by atoms with Crippen molar-refractivity contribution in [2.75, 3.05) is 13.2 Å². The Morgan fingerprint density at radius 3 is 2.29 bits per heavy atom. The van der Waals surface area contributed by atoms with Crippen LogP contribution in [0.25, 0.3) is 0 Å². The molecule has 0 atom stereocenters. The van der Waals surface area contributed by atoms with E-state index < -0.39 is 17.7 Å². The predicted molar refractivity (Wildman–Crippen MR) is 89.4 cm³/mol. The van der Waals surface area contributed by atoms with Gasteiger partial charge in [-0.2, -0.15) is 0 Å². The van der Waals surface area contributed by atoms with Crippen LogP contribution in [-0.2, 0) is 19.1 Å². The minimum Gasteiger partial charge on any atom is -0.456 e. The molecule has 1 saturated carbocycles. The molecule has 2 N–H and O–H groups in total. The summed E-state index contributed by atoms with van der Waals surface area (Å²) in [5.41, 5.74) is -0.584. The molecule has 0 aliphatic heterocycles. The first-order chi connectivity index (χ1) is 11.2. The van der Waals surface area contributed by atoms with Crippen molar-refractivity contribution in [3.8, 4) is 0 Å². The van der Waals surface area contributed by atoms with Crippen molar-refractivity contribution in [1.82, 2.24) is 10.6 Å². The van der Waals surface area contributed by atoms with Gasteiger partial charge in [0.05, 0.1) is 6.42 Å². The smallest absolute Gasteiger partial charge is 0.407 e. The Morgan fingerprint density at radius 2 is 1.71 bits per heavy atom. The normalized spacial score (nSPS) is 20.8. The topological polar surface area (TPSA) is 93.7 Å².